The van der Waals surface area contributed by atoms with E-state index in [2.05, 4.69) is 5.32 Å². The van der Waals surface area contributed by atoms with Gasteiger partial charge in [-0.2, -0.15) is 0 Å². The van der Waals surface area contributed by atoms with Gasteiger partial charge in [0.25, 0.3) is 10.0 Å². The lowest BCUT2D eigenvalue weighted by molar-refractivity contribution is 0.194. The Morgan fingerprint density at radius 1 is 1.09 bits per heavy atom. The van der Waals surface area contributed by atoms with Crippen molar-refractivity contribution in [3.05, 3.63) is 42.5 Å². The van der Waals surface area contributed by atoms with Crippen molar-refractivity contribution in [3.63, 3.8) is 0 Å². The molecule has 0 saturated heterocycles. The summed E-state index contributed by atoms with van der Waals surface area (Å²) in [4.78, 5) is 10.4. The van der Waals surface area contributed by atoms with Crippen LogP contribution in [0.2, 0.25) is 0 Å². The van der Waals surface area contributed by atoms with Gasteiger partial charge in [0.15, 0.2) is 19.7 Å². The molecule has 15 heteroatoms. The van der Waals surface area contributed by atoms with Crippen LogP contribution in [-0.4, -0.2) is 67.0 Å². The minimum absolute atomic E-state index is 0.0285. The molecular weight excluding hydrogens is 498 g/mol. The minimum Gasteiger partial charge on any atom is -0.484 e. The lowest BCUT2D eigenvalue weighted by Crippen LogP contribution is -2.54. The molecule has 3 rings (SSSR count). The molecule has 33 heavy (non-hydrogen) atoms. The highest BCUT2D eigenvalue weighted by Crippen LogP contribution is 2.39. The molecule has 0 aliphatic carbocycles. The zero-order valence-corrected chi connectivity index (χ0v) is 19.8. The van der Waals surface area contributed by atoms with Crippen molar-refractivity contribution in [2.24, 2.45) is 5.73 Å². The highest BCUT2D eigenvalue weighted by atomic mass is 32.2. The summed E-state index contributed by atoms with van der Waals surface area (Å²) in [6, 6.07) is 8.43. The van der Waals surface area contributed by atoms with Crippen LogP contribution in [0.25, 0.3) is 0 Å². The number of sulfonamides is 1. The van der Waals surface area contributed by atoms with Crippen LogP contribution >= 0.6 is 0 Å². The third-order valence-electron chi connectivity index (χ3n) is 4.79. The third kappa shape index (κ3) is 5.21. The van der Waals surface area contributed by atoms with Crippen molar-refractivity contribution in [1.82, 2.24) is 0 Å². The Morgan fingerprint density at radius 3 is 2.30 bits per heavy atom. The smallest absolute Gasteiger partial charge is 0.409 e. The van der Waals surface area contributed by atoms with Crippen LogP contribution in [0, 0.1) is 0 Å². The Hall–Kier alpha value is -2.88. The van der Waals surface area contributed by atoms with E-state index < -0.39 is 53.8 Å². The molecule has 2 aromatic carbocycles. The Bertz CT molecular complexity index is 1420. The van der Waals surface area contributed by atoms with Crippen molar-refractivity contribution in [1.29, 1.82) is 0 Å². The normalized spacial score (nSPS) is 17.5. The first-order valence-corrected chi connectivity index (χ1v) is 14.5. The topological polar surface area (TPSA) is 190 Å². The molecule has 0 bridgehead atoms. The Balaban J connectivity index is 2.18. The standard InChI is InChI=1S/C18H21N3O9S3/c1-31(24,25)12-4-3-5-13(9-12)33(28,29)21-10-16(17(19)32(2,26)27)30-15-7-6-11(8-14(15)21)20-18(22)23/h3-9,16-17,20H,10,19H2,1-2H3,(H,22,23). The Labute approximate surface area is 190 Å². The lowest BCUT2D eigenvalue weighted by atomic mass is 10.2. The molecule has 1 heterocycles. The van der Waals surface area contributed by atoms with E-state index in [1.54, 1.807) is 0 Å². The molecule has 0 radical (unpaired) electrons. The fourth-order valence-corrected chi connectivity index (χ4v) is 6.10. The molecule has 0 saturated carbocycles. The van der Waals surface area contributed by atoms with E-state index in [0.717, 1.165) is 22.9 Å². The summed E-state index contributed by atoms with van der Waals surface area (Å²) in [7, 11) is -12.0. The van der Waals surface area contributed by atoms with E-state index in [1.165, 1.54) is 36.4 Å². The highest BCUT2D eigenvalue weighted by Gasteiger charge is 2.40. The van der Waals surface area contributed by atoms with Gasteiger partial charge >= 0.3 is 6.09 Å². The first-order chi connectivity index (χ1) is 15.1. The average Bonchev–Trinajstić information content (AvgIpc) is 2.70. The van der Waals surface area contributed by atoms with Gasteiger partial charge in [-0.3, -0.25) is 9.62 Å². The lowest BCUT2D eigenvalue weighted by Gasteiger charge is -2.37. The number of anilines is 2. The fraction of sp³-hybridized carbons (Fsp3) is 0.278. The van der Waals surface area contributed by atoms with E-state index in [1.807, 2.05) is 0 Å². The number of carboxylic acid groups (broad SMARTS) is 1. The molecule has 2 atom stereocenters. The molecule has 0 fully saturated rings. The van der Waals surface area contributed by atoms with Gasteiger partial charge in [-0.15, -0.1) is 0 Å². The second-order valence-electron chi connectivity index (χ2n) is 7.35. The van der Waals surface area contributed by atoms with Crippen LogP contribution in [0.1, 0.15) is 0 Å². The molecule has 0 spiro atoms. The van der Waals surface area contributed by atoms with Crippen LogP contribution in [-0.2, 0) is 29.7 Å². The summed E-state index contributed by atoms with van der Waals surface area (Å²) in [6.07, 6.45) is -0.879. The average molecular weight is 520 g/mol. The summed E-state index contributed by atoms with van der Waals surface area (Å²) in [6.45, 7) is -0.525. The predicted molar refractivity (Wildman–Crippen MR) is 119 cm³/mol. The number of hydrogen-bond donors (Lipinski definition) is 3. The van der Waals surface area contributed by atoms with Crippen LogP contribution in [0.3, 0.4) is 0 Å². The maximum atomic E-state index is 13.5. The van der Waals surface area contributed by atoms with Crippen molar-refractivity contribution < 1.29 is 39.9 Å². The molecule has 4 N–H and O–H groups in total. The number of nitrogens with zero attached hydrogens (tertiary/aromatic N) is 1. The van der Waals surface area contributed by atoms with Crippen molar-refractivity contribution in [3.8, 4) is 5.75 Å². The maximum Gasteiger partial charge on any atom is 0.409 e. The van der Waals surface area contributed by atoms with Crippen molar-refractivity contribution >= 4 is 47.2 Å². The number of hydrogen-bond acceptors (Lipinski definition) is 9. The molecule has 180 valence electrons. The Morgan fingerprint density at radius 2 is 1.73 bits per heavy atom. The Kier molecular flexibility index (Phi) is 6.36. The zero-order chi connectivity index (χ0) is 24.8. The van der Waals surface area contributed by atoms with E-state index in [4.69, 9.17) is 15.6 Å². The van der Waals surface area contributed by atoms with Gasteiger partial charge in [-0.1, -0.05) is 6.07 Å². The second-order valence-corrected chi connectivity index (χ2v) is 13.4. The van der Waals surface area contributed by atoms with Crippen molar-refractivity contribution in [2.45, 2.75) is 21.3 Å². The summed E-state index contributed by atoms with van der Waals surface area (Å²) in [5.74, 6) is -0.0517. The quantitative estimate of drug-likeness (QED) is 0.483. The number of fused-ring (bicyclic) bond motifs is 1. The molecule has 1 aliphatic rings. The predicted octanol–water partition coefficient (Wildman–Crippen LogP) is 0.466. The SMILES string of the molecule is CS(=O)(=O)c1cccc(S(=O)(=O)N2CC(C(N)S(C)(=O)=O)Oc3ccc(NC(=O)O)cc32)c1. The first-order valence-electron chi connectivity index (χ1n) is 9.18. The summed E-state index contributed by atoms with van der Waals surface area (Å²) in [5, 5.41) is 9.50. The van der Waals surface area contributed by atoms with Gasteiger partial charge in [0.1, 0.15) is 17.2 Å². The van der Waals surface area contributed by atoms with E-state index in [-0.39, 0.29) is 26.9 Å². The second kappa shape index (κ2) is 8.48. The number of ether oxygens (including phenoxy) is 1. The van der Waals surface area contributed by atoms with Gasteiger partial charge in [0, 0.05) is 18.2 Å². The van der Waals surface area contributed by atoms with E-state index >= 15 is 0 Å². The van der Waals surface area contributed by atoms with Gasteiger partial charge in [0.2, 0.25) is 0 Å². The summed E-state index contributed by atoms with van der Waals surface area (Å²) < 4.78 is 81.3. The monoisotopic (exact) mass is 519 g/mol. The third-order valence-corrected chi connectivity index (χ3v) is 8.96. The molecule has 2 unspecified atom stereocenters. The van der Waals surface area contributed by atoms with Crippen molar-refractivity contribution in [2.75, 3.05) is 28.7 Å². The largest absolute Gasteiger partial charge is 0.484 e. The van der Waals surface area contributed by atoms with E-state index in [0.29, 0.717) is 0 Å². The molecule has 12 nitrogen and oxygen atoms in total. The molecule has 0 aromatic heterocycles. The van der Waals surface area contributed by atoms with E-state index in [9.17, 15) is 30.0 Å². The van der Waals surface area contributed by atoms with Gasteiger partial charge in [-0.05, 0) is 36.4 Å². The maximum absolute atomic E-state index is 13.5. The summed E-state index contributed by atoms with van der Waals surface area (Å²) in [5.41, 5.74) is 5.75. The molecule has 2 aromatic rings. The minimum atomic E-state index is -4.45. The zero-order valence-electron chi connectivity index (χ0n) is 17.4. The number of nitrogens with two attached hydrogens (primary N) is 1. The van der Waals surface area contributed by atoms with Crippen LogP contribution in [0.4, 0.5) is 16.2 Å². The van der Waals surface area contributed by atoms with Crippen LogP contribution < -0.4 is 20.1 Å². The highest BCUT2D eigenvalue weighted by molar-refractivity contribution is 7.93. The molecule has 1 aliphatic heterocycles. The van der Waals surface area contributed by atoms with Gasteiger partial charge in [0.05, 0.1) is 22.0 Å². The number of nitrogens with one attached hydrogen (secondary N) is 1. The summed E-state index contributed by atoms with van der Waals surface area (Å²) >= 11 is 0. The fourth-order valence-electron chi connectivity index (χ4n) is 3.14. The van der Waals surface area contributed by atoms with Gasteiger partial charge < -0.3 is 15.6 Å². The van der Waals surface area contributed by atoms with Crippen LogP contribution in [0.15, 0.2) is 52.3 Å². The first kappa shape index (κ1) is 24.8. The molecular formula is C18H21N3O9S3. The number of carbonyl (C=O) groups is 1. The number of rotatable bonds is 6. The number of sulfone groups is 2. The van der Waals surface area contributed by atoms with Crippen LogP contribution in [0.5, 0.6) is 5.75 Å². The molecule has 1 amide bonds. The number of benzene rings is 2. The number of amides is 1. The van der Waals surface area contributed by atoms with Gasteiger partial charge in [-0.25, -0.2) is 30.0 Å².